The summed E-state index contributed by atoms with van der Waals surface area (Å²) in [5, 5.41) is 9.46. The van der Waals surface area contributed by atoms with Gasteiger partial charge in [-0.15, -0.1) is 0 Å². The molecule has 1 aliphatic rings. The van der Waals surface area contributed by atoms with Crippen LogP contribution in [0.5, 0.6) is 0 Å². The van der Waals surface area contributed by atoms with Crippen molar-refractivity contribution in [3.63, 3.8) is 0 Å². The highest BCUT2D eigenvalue weighted by molar-refractivity contribution is 6.29. The zero-order valence-electron chi connectivity index (χ0n) is 9.16. The Morgan fingerprint density at radius 2 is 2.12 bits per heavy atom. The molecule has 0 saturated carbocycles. The van der Waals surface area contributed by atoms with E-state index in [2.05, 4.69) is 18.0 Å². The molecule has 1 aromatic heterocycles. The van der Waals surface area contributed by atoms with Crippen molar-refractivity contribution in [3.05, 3.63) is 28.5 Å². The average molecular weight is 237 g/mol. The van der Waals surface area contributed by atoms with E-state index in [0.717, 1.165) is 31.6 Å². The minimum absolute atomic E-state index is 0.0130. The molecule has 1 fully saturated rings. The first-order valence-electron chi connectivity index (χ1n) is 5.30. The number of halogens is 1. The van der Waals surface area contributed by atoms with Gasteiger partial charge in [0.25, 0.3) is 0 Å². The van der Waals surface area contributed by atoms with E-state index in [-0.39, 0.29) is 5.41 Å². The van der Waals surface area contributed by atoms with Crippen molar-refractivity contribution in [2.45, 2.75) is 25.2 Å². The van der Waals surface area contributed by atoms with Gasteiger partial charge >= 0.3 is 0 Å². The van der Waals surface area contributed by atoms with E-state index in [1.54, 1.807) is 6.07 Å². The quantitative estimate of drug-likeness (QED) is 0.705. The number of hydrogen-bond acceptors (Lipinski definition) is 3. The van der Waals surface area contributed by atoms with E-state index >= 15 is 0 Å². The smallest absolute Gasteiger partial charge is 0.145 e. The maximum absolute atomic E-state index is 9.09. The summed E-state index contributed by atoms with van der Waals surface area (Å²) in [5.41, 5.74) is 1.42. The van der Waals surface area contributed by atoms with E-state index < -0.39 is 0 Å². The number of ether oxygens (including phenoxy) is 1. The highest BCUT2D eigenvalue weighted by Crippen LogP contribution is 2.35. The topological polar surface area (TPSA) is 45.9 Å². The molecule has 0 spiro atoms. The Hall–Kier alpha value is -1.11. The monoisotopic (exact) mass is 236 g/mol. The van der Waals surface area contributed by atoms with E-state index in [0.29, 0.717) is 10.8 Å². The van der Waals surface area contributed by atoms with Gasteiger partial charge in [0.1, 0.15) is 16.9 Å². The molecule has 0 atom stereocenters. The zero-order valence-corrected chi connectivity index (χ0v) is 9.92. The van der Waals surface area contributed by atoms with Gasteiger partial charge in [-0.3, -0.25) is 0 Å². The lowest BCUT2D eigenvalue weighted by molar-refractivity contribution is 0.0562. The van der Waals surface area contributed by atoms with Gasteiger partial charge < -0.3 is 4.74 Å². The molecule has 1 aliphatic heterocycles. The Morgan fingerprint density at radius 1 is 1.44 bits per heavy atom. The van der Waals surface area contributed by atoms with Gasteiger partial charge in [0.15, 0.2) is 0 Å². The SMILES string of the molecule is CC1(c2ccc(Cl)nc2C#N)CCOCC1. The Balaban J connectivity index is 2.43. The van der Waals surface area contributed by atoms with Gasteiger partial charge in [0.05, 0.1) is 0 Å². The Morgan fingerprint density at radius 3 is 2.75 bits per heavy atom. The van der Waals surface area contributed by atoms with Crippen LogP contribution in [0.3, 0.4) is 0 Å². The largest absolute Gasteiger partial charge is 0.381 e. The zero-order chi connectivity index (χ0) is 11.6. The highest BCUT2D eigenvalue weighted by Gasteiger charge is 2.32. The number of rotatable bonds is 1. The van der Waals surface area contributed by atoms with Gasteiger partial charge in [-0.1, -0.05) is 24.6 Å². The van der Waals surface area contributed by atoms with Crippen molar-refractivity contribution < 1.29 is 4.74 Å². The molecule has 4 heteroatoms. The van der Waals surface area contributed by atoms with E-state index in [9.17, 15) is 0 Å². The van der Waals surface area contributed by atoms with Gasteiger partial charge in [0, 0.05) is 13.2 Å². The lowest BCUT2D eigenvalue weighted by Gasteiger charge is -2.34. The fraction of sp³-hybridized carbons (Fsp3) is 0.500. The molecule has 1 saturated heterocycles. The number of nitrogens with zero attached hydrogens (tertiary/aromatic N) is 2. The third-order valence-electron chi connectivity index (χ3n) is 3.21. The summed E-state index contributed by atoms with van der Waals surface area (Å²) in [6, 6.07) is 5.79. The van der Waals surface area contributed by atoms with Crippen LogP contribution in [0, 0.1) is 11.3 Å². The van der Waals surface area contributed by atoms with Gasteiger partial charge in [-0.05, 0) is 29.9 Å². The second-order valence-corrected chi connectivity index (χ2v) is 4.70. The second kappa shape index (κ2) is 4.40. The number of pyridine rings is 1. The van der Waals surface area contributed by atoms with E-state index in [1.165, 1.54) is 0 Å². The predicted octanol–water partition coefficient (Wildman–Crippen LogP) is 2.67. The first-order chi connectivity index (χ1) is 7.65. The summed E-state index contributed by atoms with van der Waals surface area (Å²) in [6.07, 6.45) is 1.84. The molecular formula is C12H13ClN2O. The van der Waals surface area contributed by atoms with Crippen LogP contribution in [-0.2, 0) is 10.2 Å². The maximum Gasteiger partial charge on any atom is 0.145 e. The third kappa shape index (κ3) is 2.04. The van der Waals surface area contributed by atoms with Crippen LogP contribution in [0.15, 0.2) is 12.1 Å². The normalized spacial score (nSPS) is 19.1. The first-order valence-corrected chi connectivity index (χ1v) is 5.68. The highest BCUT2D eigenvalue weighted by atomic mass is 35.5. The van der Waals surface area contributed by atoms with E-state index in [1.807, 2.05) is 6.07 Å². The fourth-order valence-electron chi connectivity index (χ4n) is 2.10. The molecule has 16 heavy (non-hydrogen) atoms. The van der Waals surface area contributed by atoms with Crippen LogP contribution in [0.4, 0.5) is 0 Å². The van der Waals surface area contributed by atoms with Crippen LogP contribution in [0.1, 0.15) is 31.0 Å². The Kier molecular flexibility index (Phi) is 3.13. The first kappa shape index (κ1) is 11.4. The van der Waals surface area contributed by atoms with Crippen LogP contribution in [0.2, 0.25) is 5.15 Å². The van der Waals surface area contributed by atoms with Gasteiger partial charge in [-0.2, -0.15) is 5.26 Å². The average Bonchev–Trinajstić information content (AvgIpc) is 2.29. The molecule has 3 nitrogen and oxygen atoms in total. The third-order valence-corrected chi connectivity index (χ3v) is 3.42. The molecule has 0 radical (unpaired) electrons. The Bertz CT molecular complexity index is 433. The minimum Gasteiger partial charge on any atom is -0.381 e. The van der Waals surface area contributed by atoms with E-state index in [4.69, 9.17) is 21.6 Å². The lowest BCUT2D eigenvalue weighted by Crippen LogP contribution is -2.31. The molecule has 0 N–H and O–H groups in total. The molecule has 2 rings (SSSR count). The van der Waals surface area contributed by atoms with Crippen molar-refractivity contribution in [2.75, 3.05) is 13.2 Å². The Labute approximate surface area is 100 Å². The van der Waals surface area contributed by atoms with Crippen molar-refractivity contribution >= 4 is 11.6 Å². The molecule has 1 aromatic rings. The van der Waals surface area contributed by atoms with Crippen molar-refractivity contribution in [3.8, 4) is 6.07 Å². The molecule has 84 valence electrons. The summed E-state index contributed by atoms with van der Waals surface area (Å²) in [7, 11) is 0. The second-order valence-electron chi connectivity index (χ2n) is 4.31. The standard InChI is InChI=1S/C12H13ClN2O/c1-12(4-6-16-7-5-12)9-2-3-11(13)15-10(9)8-14/h2-3H,4-7H2,1H3. The molecule has 0 unspecified atom stereocenters. The lowest BCUT2D eigenvalue weighted by atomic mass is 9.75. The van der Waals surface area contributed by atoms with Crippen molar-refractivity contribution in [1.82, 2.24) is 4.98 Å². The number of aromatic nitrogens is 1. The molecule has 0 bridgehead atoms. The van der Waals surface area contributed by atoms with Crippen molar-refractivity contribution in [2.24, 2.45) is 0 Å². The summed E-state index contributed by atoms with van der Waals surface area (Å²) in [6.45, 7) is 3.63. The summed E-state index contributed by atoms with van der Waals surface area (Å²) in [4.78, 5) is 4.08. The van der Waals surface area contributed by atoms with Crippen LogP contribution in [-0.4, -0.2) is 18.2 Å². The molecule has 0 amide bonds. The fourth-order valence-corrected chi connectivity index (χ4v) is 2.25. The van der Waals surface area contributed by atoms with Crippen LogP contribution in [0.25, 0.3) is 0 Å². The molecular weight excluding hydrogens is 224 g/mol. The summed E-state index contributed by atoms with van der Waals surface area (Å²) >= 11 is 5.79. The van der Waals surface area contributed by atoms with Crippen molar-refractivity contribution in [1.29, 1.82) is 5.26 Å². The summed E-state index contributed by atoms with van der Waals surface area (Å²) < 4.78 is 5.35. The molecule has 2 heterocycles. The molecule has 0 aliphatic carbocycles. The van der Waals surface area contributed by atoms with Crippen LogP contribution < -0.4 is 0 Å². The van der Waals surface area contributed by atoms with Crippen LogP contribution >= 0.6 is 11.6 Å². The predicted molar refractivity (Wildman–Crippen MR) is 61.4 cm³/mol. The maximum atomic E-state index is 9.09. The number of nitriles is 1. The van der Waals surface area contributed by atoms with Gasteiger partial charge in [-0.25, -0.2) is 4.98 Å². The van der Waals surface area contributed by atoms with Gasteiger partial charge in [0.2, 0.25) is 0 Å². The number of hydrogen-bond donors (Lipinski definition) is 0. The summed E-state index contributed by atoms with van der Waals surface area (Å²) in [5.74, 6) is 0. The minimum atomic E-state index is -0.0130. The molecule has 0 aromatic carbocycles.